The van der Waals surface area contributed by atoms with E-state index in [4.69, 9.17) is 9.15 Å². The van der Waals surface area contributed by atoms with Gasteiger partial charge >= 0.3 is 0 Å². The fourth-order valence-electron chi connectivity index (χ4n) is 3.89. The molecular formula is C19H32N4O2. The monoisotopic (exact) mass is 348 g/mol. The summed E-state index contributed by atoms with van der Waals surface area (Å²) in [5.41, 5.74) is 0. The van der Waals surface area contributed by atoms with Crippen LogP contribution in [0.1, 0.15) is 37.5 Å². The molecule has 2 aliphatic heterocycles. The van der Waals surface area contributed by atoms with Crippen molar-refractivity contribution in [3.63, 3.8) is 0 Å². The van der Waals surface area contributed by atoms with Crippen molar-refractivity contribution in [2.45, 2.75) is 31.7 Å². The summed E-state index contributed by atoms with van der Waals surface area (Å²) >= 11 is 0. The molecule has 0 spiro atoms. The predicted molar refractivity (Wildman–Crippen MR) is 99.8 cm³/mol. The van der Waals surface area contributed by atoms with Gasteiger partial charge in [0.05, 0.1) is 18.9 Å². The van der Waals surface area contributed by atoms with E-state index in [2.05, 4.69) is 33.2 Å². The normalized spacial score (nSPS) is 23.6. The third-order valence-electron chi connectivity index (χ3n) is 5.29. The molecule has 3 rings (SSSR count). The zero-order valence-electron chi connectivity index (χ0n) is 15.6. The number of piperidine rings is 1. The molecule has 2 atom stereocenters. The van der Waals surface area contributed by atoms with E-state index in [9.17, 15) is 0 Å². The Morgan fingerprint density at radius 3 is 2.88 bits per heavy atom. The third-order valence-corrected chi connectivity index (χ3v) is 5.29. The van der Waals surface area contributed by atoms with Gasteiger partial charge < -0.3 is 19.4 Å². The van der Waals surface area contributed by atoms with Crippen molar-refractivity contribution in [1.29, 1.82) is 0 Å². The molecule has 1 N–H and O–H groups in total. The first kappa shape index (κ1) is 18.3. The van der Waals surface area contributed by atoms with E-state index in [0.29, 0.717) is 5.92 Å². The van der Waals surface area contributed by atoms with Crippen molar-refractivity contribution in [2.75, 3.05) is 53.5 Å². The van der Waals surface area contributed by atoms with Gasteiger partial charge in [0.25, 0.3) is 0 Å². The summed E-state index contributed by atoms with van der Waals surface area (Å²) in [5.74, 6) is 2.59. The highest BCUT2D eigenvalue weighted by Gasteiger charge is 2.25. The summed E-state index contributed by atoms with van der Waals surface area (Å²) in [5, 5.41) is 3.56. The molecule has 0 bridgehead atoms. The summed E-state index contributed by atoms with van der Waals surface area (Å²) in [6, 6.07) is 4.33. The van der Waals surface area contributed by atoms with Gasteiger partial charge in [-0.1, -0.05) is 6.42 Å². The first-order valence-electron chi connectivity index (χ1n) is 9.55. The molecule has 6 heteroatoms. The molecule has 6 nitrogen and oxygen atoms in total. The van der Waals surface area contributed by atoms with Gasteiger partial charge in [-0.25, -0.2) is 0 Å². The van der Waals surface area contributed by atoms with Gasteiger partial charge in [0.2, 0.25) is 0 Å². The van der Waals surface area contributed by atoms with Crippen LogP contribution in [0, 0.1) is 5.92 Å². The number of nitrogens with zero attached hydrogens (tertiary/aromatic N) is 3. The molecule has 25 heavy (non-hydrogen) atoms. The van der Waals surface area contributed by atoms with Crippen LogP contribution in [-0.2, 0) is 4.74 Å². The minimum absolute atomic E-state index is 0.260. The third kappa shape index (κ3) is 4.98. The van der Waals surface area contributed by atoms with Gasteiger partial charge in [-0.3, -0.25) is 9.89 Å². The minimum atomic E-state index is 0.260. The molecule has 3 heterocycles. The lowest BCUT2D eigenvalue weighted by atomic mass is 10.1. The number of aliphatic imine (C=N–C) groups is 1. The van der Waals surface area contributed by atoms with E-state index < -0.39 is 0 Å². The lowest BCUT2D eigenvalue weighted by Gasteiger charge is -2.34. The molecule has 2 fully saturated rings. The Morgan fingerprint density at radius 2 is 2.24 bits per heavy atom. The summed E-state index contributed by atoms with van der Waals surface area (Å²) in [6.45, 7) is 5.83. The van der Waals surface area contributed by atoms with Gasteiger partial charge in [-0.15, -0.1) is 0 Å². The van der Waals surface area contributed by atoms with Gasteiger partial charge in [0.1, 0.15) is 5.76 Å². The molecule has 0 aromatic carbocycles. The summed E-state index contributed by atoms with van der Waals surface area (Å²) in [6.07, 6.45) is 6.79. The quantitative estimate of drug-likeness (QED) is 0.632. The highest BCUT2D eigenvalue weighted by molar-refractivity contribution is 5.79. The number of guanidine groups is 1. The molecule has 1 aromatic heterocycles. The van der Waals surface area contributed by atoms with E-state index in [-0.39, 0.29) is 6.04 Å². The van der Waals surface area contributed by atoms with E-state index in [1.54, 1.807) is 6.26 Å². The van der Waals surface area contributed by atoms with Crippen LogP contribution in [0.15, 0.2) is 27.8 Å². The average molecular weight is 348 g/mol. The lowest BCUT2D eigenvalue weighted by molar-refractivity contribution is 0.145. The van der Waals surface area contributed by atoms with Crippen molar-refractivity contribution in [1.82, 2.24) is 15.1 Å². The second kappa shape index (κ2) is 9.25. The molecule has 0 saturated carbocycles. The van der Waals surface area contributed by atoms with Crippen molar-refractivity contribution < 1.29 is 9.15 Å². The van der Waals surface area contributed by atoms with E-state index in [1.807, 2.05) is 13.1 Å². The van der Waals surface area contributed by atoms with E-state index in [0.717, 1.165) is 57.5 Å². The van der Waals surface area contributed by atoms with Gasteiger partial charge in [-0.2, -0.15) is 0 Å². The van der Waals surface area contributed by atoms with Crippen LogP contribution in [0.25, 0.3) is 0 Å². The maximum absolute atomic E-state index is 5.73. The SMILES string of the molecule is CN=C(NCC(c1ccco1)N1CCCCC1)N(C)CC1CCOC1. The zero-order valence-corrected chi connectivity index (χ0v) is 15.6. The molecule has 1 aromatic rings. The molecule has 2 saturated heterocycles. The standard InChI is InChI=1S/C19H32N4O2/c1-20-19(22(2)14-16-8-12-24-15-16)21-13-17(18-7-6-11-25-18)23-9-4-3-5-10-23/h6-7,11,16-17H,3-5,8-10,12-15H2,1-2H3,(H,20,21). The summed E-state index contributed by atoms with van der Waals surface area (Å²) in [7, 11) is 3.96. The van der Waals surface area contributed by atoms with Crippen molar-refractivity contribution in [2.24, 2.45) is 10.9 Å². The van der Waals surface area contributed by atoms with E-state index >= 15 is 0 Å². The number of ether oxygens (including phenoxy) is 1. The average Bonchev–Trinajstić information content (AvgIpc) is 3.33. The molecule has 2 aliphatic rings. The fraction of sp³-hybridized carbons (Fsp3) is 0.737. The van der Waals surface area contributed by atoms with Gasteiger partial charge in [-0.05, 0) is 44.5 Å². The van der Waals surface area contributed by atoms with Crippen LogP contribution in [0.2, 0.25) is 0 Å². The first-order valence-corrected chi connectivity index (χ1v) is 9.55. The Hall–Kier alpha value is -1.53. The van der Waals surface area contributed by atoms with Gasteiger partial charge in [0, 0.05) is 39.7 Å². The largest absolute Gasteiger partial charge is 0.468 e. The Bertz CT molecular complexity index is 520. The molecule has 2 unspecified atom stereocenters. The Morgan fingerprint density at radius 1 is 1.40 bits per heavy atom. The molecule has 140 valence electrons. The number of nitrogens with one attached hydrogen (secondary N) is 1. The molecular weight excluding hydrogens is 316 g/mol. The topological polar surface area (TPSA) is 53.2 Å². The van der Waals surface area contributed by atoms with E-state index in [1.165, 1.54) is 19.3 Å². The number of hydrogen-bond donors (Lipinski definition) is 1. The maximum Gasteiger partial charge on any atom is 0.193 e. The number of likely N-dealkylation sites (tertiary alicyclic amines) is 1. The maximum atomic E-state index is 5.73. The molecule has 0 aliphatic carbocycles. The number of furan rings is 1. The van der Waals surface area contributed by atoms with Crippen LogP contribution in [0.4, 0.5) is 0 Å². The van der Waals surface area contributed by atoms with Crippen LogP contribution in [0.5, 0.6) is 0 Å². The Labute approximate surface area is 151 Å². The van der Waals surface area contributed by atoms with Crippen molar-refractivity contribution in [3.05, 3.63) is 24.2 Å². The summed E-state index contributed by atoms with van der Waals surface area (Å²) < 4.78 is 11.2. The predicted octanol–water partition coefficient (Wildman–Crippen LogP) is 2.35. The minimum Gasteiger partial charge on any atom is -0.468 e. The fourth-order valence-corrected chi connectivity index (χ4v) is 3.89. The second-order valence-electron chi connectivity index (χ2n) is 7.17. The van der Waals surface area contributed by atoms with Crippen molar-refractivity contribution >= 4 is 5.96 Å². The molecule has 0 radical (unpaired) electrons. The van der Waals surface area contributed by atoms with Crippen molar-refractivity contribution in [3.8, 4) is 0 Å². The van der Waals surface area contributed by atoms with Crippen LogP contribution >= 0.6 is 0 Å². The lowest BCUT2D eigenvalue weighted by Crippen LogP contribution is -2.46. The smallest absolute Gasteiger partial charge is 0.193 e. The summed E-state index contributed by atoms with van der Waals surface area (Å²) in [4.78, 5) is 9.22. The highest BCUT2D eigenvalue weighted by Crippen LogP contribution is 2.24. The highest BCUT2D eigenvalue weighted by atomic mass is 16.5. The van der Waals surface area contributed by atoms with Crippen LogP contribution < -0.4 is 5.32 Å². The van der Waals surface area contributed by atoms with Gasteiger partial charge in [0.15, 0.2) is 5.96 Å². The number of rotatable bonds is 6. The number of hydrogen-bond acceptors (Lipinski definition) is 4. The first-order chi connectivity index (χ1) is 12.3. The Kier molecular flexibility index (Phi) is 6.76. The van der Waals surface area contributed by atoms with Crippen LogP contribution in [0.3, 0.4) is 0 Å². The zero-order chi connectivity index (χ0) is 17.5. The van der Waals surface area contributed by atoms with Crippen LogP contribution in [-0.4, -0.2) is 69.2 Å². The second-order valence-corrected chi connectivity index (χ2v) is 7.17. The Balaban J connectivity index is 1.58. The molecule has 0 amide bonds.